The van der Waals surface area contributed by atoms with Crippen molar-refractivity contribution in [1.29, 1.82) is 0 Å². The Kier molecular flexibility index (Phi) is 2.75. The predicted octanol–water partition coefficient (Wildman–Crippen LogP) is 2.15. The Labute approximate surface area is 98.7 Å². The molecule has 0 unspecified atom stereocenters. The molecule has 0 atom stereocenters. The Morgan fingerprint density at radius 3 is 2.71 bits per heavy atom. The van der Waals surface area contributed by atoms with Gasteiger partial charge < -0.3 is 9.52 Å². The molecule has 0 spiro atoms. The summed E-state index contributed by atoms with van der Waals surface area (Å²) in [6, 6.07) is 1.45. The monoisotopic (exact) mass is 234 g/mol. The molecule has 0 aliphatic carbocycles. The van der Waals surface area contributed by atoms with Crippen LogP contribution in [-0.2, 0) is 6.54 Å². The molecule has 2 aromatic rings. The van der Waals surface area contributed by atoms with Crippen molar-refractivity contribution in [3.63, 3.8) is 0 Å². The van der Waals surface area contributed by atoms with Crippen molar-refractivity contribution in [2.75, 3.05) is 0 Å². The van der Waals surface area contributed by atoms with Crippen LogP contribution in [0.2, 0.25) is 0 Å². The molecule has 2 heterocycles. The van der Waals surface area contributed by atoms with Crippen LogP contribution in [0, 0.1) is 20.8 Å². The zero-order valence-corrected chi connectivity index (χ0v) is 10.0. The zero-order valence-electron chi connectivity index (χ0n) is 10.0. The van der Waals surface area contributed by atoms with Crippen LogP contribution >= 0.6 is 0 Å². The summed E-state index contributed by atoms with van der Waals surface area (Å²) in [6.45, 7) is 6.22. The highest BCUT2D eigenvalue weighted by molar-refractivity contribution is 5.88. The van der Waals surface area contributed by atoms with Gasteiger partial charge in [-0.05, 0) is 32.4 Å². The fraction of sp³-hybridized carbons (Fsp3) is 0.333. The van der Waals surface area contributed by atoms with Gasteiger partial charge in [-0.2, -0.15) is 5.10 Å². The summed E-state index contributed by atoms with van der Waals surface area (Å²) >= 11 is 0. The maximum absolute atomic E-state index is 10.9. The Hall–Kier alpha value is -2.04. The molecule has 0 amide bonds. The molecule has 17 heavy (non-hydrogen) atoms. The molecule has 2 aromatic heterocycles. The van der Waals surface area contributed by atoms with Crippen LogP contribution in [0.5, 0.6) is 0 Å². The molecule has 0 aliphatic rings. The third-order valence-corrected chi connectivity index (χ3v) is 3.01. The minimum absolute atomic E-state index is 0.190. The molecule has 0 bridgehead atoms. The number of carboxylic acid groups (broad SMARTS) is 1. The van der Waals surface area contributed by atoms with Crippen LogP contribution in [0.1, 0.15) is 33.1 Å². The molecule has 0 aromatic carbocycles. The van der Waals surface area contributed by atoms with Crippen molar-refractivity contribution in [2.24, 2.45) is 0 Å². The number of nitrogens with zero attached hydrogens (tertiary/aromatic N) is 2. The van der Waals surface area contributed by atoms with Crippen molar-refractivity contribution < 1.29 is 14.3 Å². The average molecular weight is 234 g/mol. The SMILES string of the molecule is Cc1nn(Cc2occc2C(=O)O)c(C)c1C. The van der Waals surface area contributed by atoms with Crippen LogP contribution in [0.25, 0.3) is 0 Å². The summed E-state index contributed by atoms with van der Waals surface area (Å²) in [5, 5.41) is 13.3. The van der Waals surface area contributed by atoms with E-state index < -0.39 is 5.97 Å². The molecule has 5 heteroatoms. The maximum Gasteiger partial charge on any atom is 0.339 e. The van der Waals surface area contributed by atoms with Gasteiger partial charge in [-0.1, -0.05) is 0 Å². The highest BCUT2D eigenvalue weighted by Crippen LogP contribution is 2.16. The lowest BCUT2D eigenvalue weighted by molar-refractivity contribution is 0.0694. The summed E-state index contributed by atoms with van der Waals surface area (Å²) in [5.74, 6) is -0.560. The van der Waals surface area contributed by atoms with E-state index in [1.165, 1.54) is 12.3 Å². The van der Waals surface area contributed by atoms with E-state index in [0.717, 1.165) is 17.0 Å². The summed E-state index contributed by atoms with van der Waals surface area (Å²) in [4.78, 5) is 10.9. The van der Waals surface area contributed by atoms with E-state index in [4.69, 9.17) is 9.52 Å². The lowest BCUT2D eigenvalue weighted by Gasteiger charge is -2.03. The Morgan fingerprint density at radius 2 is 2.18 bits per heavy atom. The fourth-order valence-corrected chi connectivity index (χ4v) is 1.73. The van der Waals surface area contributed by atoms with Crippen LogP contribution in [0.3, 0.4) is 0 Å². The van der Waals surface area contributed by atoms with Crippen molar-refractivity contribution >= 4 is 5.97 Å². The standard InChI is InChI=1S/C12H14N2O3/c1-7-8(2)13-14(9(7)3)6-11-10(12(15)16)4-5-17-11/h4-5H,6H2,1-3H3,(H,15,16). The smallest absolute Gasteiger partial charge is 0.339 e. The fourth-order valence-electron chi connectivity index (χ4n) is 1.73. The topological polar surface area (TPSA) is 68.3 Å². The second-order valence-electron chi connectivity index (χ2n) is 4.02. The molecule has 0 fully saturated rings. The van der Waals surface area contributed by atoms with Crippen LogP contribution in [0.4, 0.5) is 0 Å². The number of aromatic carboxylic acids is 1. The van der Waals surface area contributed by atoms with Crippen molar-refractivity contribution in [2.45, 2.75) is 27.3 Å². The number of rotatable bonds is 3. The predicted molar refractivity (Wildman–Crippen MR) is 61.2 cm³/mol. The van der Waals surface area contributed by atoms with Crippen molar-refractivity contribution in [3.05, 3.63) is 40.6 Å². The first-order chi connectivity index (χ1) is 8.00. The van der Waals surface area contributed by atoms with Gasteiger partial charge in [0.25, 0.3) is 0 Å². The number of aromatic nitrogens is 2. The number of aryl methyl sites for hydroxylation is 1. The summed E-state index contributed by atoms with van der Waals surface area (Å²) in [6.07, 6.45) is 1.39. The van der Waals surface area contributed by atoms with E-state index in [1.54, 1.807) is 4.68 Å². The summed E-state index contributed by atoms with van der Waals surface area (Å²) in [5.41, 5.74) is 3.28. The summed E-state index contributed by atoms with van der Waals surface area (Å²) in [7, 11) is 0. The van der Waals surface area contributed by atoms with Crippen LogP contribution < -0.4 is 0 Å². The molecule has 0 radical (unpaired) electrons. The van der Waals surface area contributed by atoms with Crippen molar-refractivity contribution in [1.82, 2.24) is 9.78 Å². The Bertz CT molecular complexity index is 566. The third kappa shape index (κ3) is 1.95. The van der Waals surface area contributed by atoms with Gasteiger partial charge in [-0.15, -0.1) is 0 Å². The highest BCUT2D eigenvalue weighted by atomic mass is 16.4. The second-order valence-corrected chi connectivity index (χ2v) is 4.02. The van der Waals surface area contributed by atoms with Gasteiger partial charge in [-0.3, -0.25) is 4.68 Å². The first-order valence-corrected chi connectivity index (χ1v) is 5.31. The molecule has 1 N–H and O–H groups in total. The molecule has 0 saturated heterocycles. The minimum Gasteiger partial charge on any atom is -0.478 e. The van der Waals surface area contributed by atoms with Gasteiger partial charge in [0.2, 0.25) is 0 Å². The van der Waals surface area contributed by atoms with E-state index in [1.807, 2.05) is 20.8 Å². The Morgan fingerprint density at radius 1 is 1.47 bits per heavy atom. The van der Waals surface area contributed by atoms with Crippen LogP contribution in [-0.4, -0.2) is 20.9 Å². The molecular weight excluding hydrogens is 220 g/mol. The van der Waals surface area contributed by atoms with E-state index >= 15 is 0 Å². The lowest BCUT2D eigenvalue weighted by Crippen LogP contribution is -2.07. The Balaban J connectivity index is 2.35. The van der Waals surface area contributed by atoms with Gasteiger partial charge in [0.1, 0.15) is 17.9 Å². The van der Waals surface area contributed by atoms with E-state index in [0.29, 0.717) is 12.3 Å². The molecular formula is C12H14N2O3. The highest BCUT2D eigenvalue weighted by Gasteiger charge is 2.16. The average Bonchev–Trinajstić information content (AvgIpc) is 2.81. The maximum atomic E-state index is 10.9. The molecule has 0 aliphatic heterocycles. The van der Waals surface area contributed by atoms with Gasteiger partial charge in [0.15, 0.2) is 0 Å². The number of carboxylic acids is 1. The number of carbonyl (C=O) groups is 1. The number of hydrogen-bond acceptors (Lipinski definition) is 3. The molecule has 90 valence electrons. The summed E-state index contributed by atoms with van der Waals surface area (Å²) < 4.78 is 6.95. The van der Waals surface area contributed by atoms with Gasteiger partial charge >= 0.3 is 5.97 Å². The first-order valence-electron chi connectivity index (χ1n) is 5.31. The van der Waals surface area contributed by atoms with Gasteiger partial charge in [0, 0.05) is 5.69 Å². The zero-order chi connectivity index (χ0) is 12.6. The second kappa shape index (κ2) is 4.08. The quantitative estimate of drug-likeness (QED) is 0.883. The number of hydrogen-bond donors (Lipinski definition) is 1. The van der Waals surface area contributed by atoms with E-state index in [-0.39, 0.29) is 5.56 Å². The van der Waals surface area contributed by atoms with Gasteiger partial charge in [-0.25, -0.2) is 4.79 Å². The van der Waals surface area contributed by atoms with E-state index in [9.17, 15) is 4.79 Å². The normalized spacial score (nSPS) is 10.8. The first kappa shape index (κ1) is 11.4. The molecule has 2 rings (SSSR count). The largest absolute Gasteiger partial charge is 0.478 e. The van der Waals surface area contributed by atoms with Gasteiger partial charge in [0.05, 0.1) is 12.0 Å². The van der Waals surface area contributed by atoms with E-state index in [2.05, 4.69) is 5.10 Å². The lowest BCUT2D eigenvalue weighted by atomic mass is 10.2. The number of furan rings is 1. The molecule has 0 saturated carbocycles. The van der Waals surface area contributed by atoms with Crippen LogP contribution in [0.15, 0.2) is 16.7 Å². The third-order valence-electron chi connectivity index (χ3n) is 3.01. The minimum atomic E-state index is -0.980. The molecule has 5 nitrogen and oxygen atoms in total. The van der Waals surface area contributed by atoms with Crippen molar-refractivity contribution in [3.8, 4) is 0 Å².